The maximum Gasteiger partial charge on any atom is 0.327 e. The first-order chi connectivity index (χ1) is 17.1. The average molecular weight is 534 g/mol. The highest BCUT2D eigenvalue weighted by atomic mass is 32.1. The number of hydrogen-bond donors (Lipinski definition) is 10. The van der Waals surface area contributed by atoms with Crippen LogP contribution in [0.15, 0.2) is 4.99 Å². The van der Waals surface area contributed by atoms with Crippen LogP contribution >= 0.6 is 12.6 Å². The van der Waals surface area contributed by atoms with Crippen LogP contribution in [0.3, 0.4) is 0 Å². The number of unbranched alkanes of at least 4 members (excludes halogenated alkanes) is 2. The number of carboxylic acid groups (broad SMARTS) is 1. The Morgan fingerprint density at radius 2 is 1.22 bits per heavy atom. The maximum atomic E-state index is 13.1. The van der Waals surface area contributed by atoms with Crippen LogP contribution in [0.5, 0.6) is 0 Å². The van der Waals surface area contributed by atoms with Gasteiger partial charge in [-0.25, -0.2) is 4.79 Å². The van der Waals surface area contributed by atoms with E-state index in [-0.39, 0.29) is 31.1 Å². The van der Waals surface area contributed by atoms with Gasteiger partial charge in [-0.05, 0) is 58.0 Å². The summed E-state index contributed by atoms with van der Waals surface area (Å²) in [6.07, 6.45) is 3.65. The molecule has 0 fully saturated rings. The lowest BCUT2D eigenvalue weighted by Crippen LogP contribution is -2.57. The van der Waals surface area contributed by atoms with Crippen molar-refractivity contribution in [2.45, 2.75) is 75.5 Å². The molecule has 0 saturated heterocycles. The van der Waals surface area contributed by atoms with Gasteiger partial charge >= 0.3 is 5.97 Å². The van der Waals surface area contributed by atoms with Crippen molar-refractivity contribution >= 4 is 42.3 Å². The second-order valence-corrected chi connectivity index (χ2v) is 8.69. The summed E-state index contributed by atoms with van der Waals surface area (Å²) in [7, 11) is 0. The van der Waals surface area contributed by atoms with Crippen LogP contribution in [0.4, 0.5) is 0 Å². The Kier molecular flexibility index (Phi) is 18.1. The third kappa shape index (κ3) is 14.7. The lowest BCUT2D eigenvalue weighted by atomic mass is 10.0. The van der Waals surface area contributed by atoms with Crippen molar-refractivity contribution in [2.75, 3.05) is 25.4 Å². The third-order valence-corrected chi connectivity index (χ3v) is 5.63. The van der Waals surface area contributed by atoms with Gasteiger partial charge in [0.1, 0.15) is 18.1 Å². The van der Waals surface area contributed by atoms with Crippen LogP contribution in [0, 0.1) is 0 Å². The van der Waals surface area contributed by atoms with E-state index in [0.717, 1.165) is 0 Å². The molecule has 0 radical (unpaired) electrons. The van der Waals surface area contributed by atoms with Crippen LogP contribution in [0.25, 0.3) is 0 Å². The second kappa shape index (κ2) is 19.6. The molecule has 0 aromatic heterocycles. The number of nitrogens with one attached hydrogen (secondary N) is 3. The second-order valence-electron chi connectivity index (χ2n) is 8.33. The Balaban J connectivity index is 5.48. The standard InChI is InChI=1S/C21H43N9O5S/c22-9-3-1-6-13(24)17(31)28-15(8-5-11-27-21(25)26)18(32)29-14(7-2-4-10-23)19(33)30-16(12-36)20(34)35/h13-16,36H,1-12,22-24H2,(H,28,31)(H,29,32)(H,30,33)(H,34,35)(H4,25,26,27)/t13-,14-,15-,16-/m0/s1. The van der Waals surface area contributed by atoms with E-state index in [0.29, 0.717) is 51.6 Å². The molecule has 0 aliphatic carbocycles. The predicted octanol–water partition coefficient (Wildman–Crippen LogP) is -2.91. The van der Waals surface area contributed by atoms with E-state index in [9.17, 15) is 24.3 Å². The maximum absolute atomic E-state index is 13.1. The molecule has 0 aromatic carbocycles. The Hall–Kier alpha value is -2.62. The molecule has 36 heavy (non-hydrogen) atoms. The van der Waals surface area contributed by atoms with Gasteiger partial charge in [-0.3, -0.25) is 19.4 Å². The Morgan fingerprint density at radius 3 is 1.69 bits per heavy atom. The lowest BCUT2D eigenvalue weighted by molar-refractivity contribution is -0.141. The molecular weight excluding hydrogens is 490 g/mol. The van der Waals surface area contributed by atoms with E-state index in [1.807, 2.05) is 0 Å². The van der Waals surface area contributed by atoms with E-state index in [1.165, 1.54) is 0 Å². The highest BCUT2D eigenvalue weighted by Crippen LogP contribution is 2.07. The number of rotatable bonds is 20. The number of carbonyl (C=O) groups excluding carboxylic acids is 3. The molecule has 0 saturated carbocycles. The zero-order valence-electron chi connectivity index (χ0n) is 20.7. The van der Waals surface area contributed by atoms with Gasteiger partial charge in [0.15, 0.2) is 5.96 Å². The van der Waals surface area contributed by atoms with Gasteiger partial charge in [0.25, 0.3) is 0 Å². The van der Waals surface area contributed by atoms with Gasteiger partial charge in [0, 0.05) is 12.3 Å². The van der Waals surface area contributed by atoms with E-state index < -0.39 is 47.9 Å². The number of aliphatic imine (C=N–C) groups is 1. The molecule has 15 heteroatoms. The highest BCUT2D eigenvalue weighted by Gasteiger charge is 2.29. The number of nitrogens with two attached hydrogens (primary N) is 5. The monoisotopic (exact) mass is 533 g/mol. The first-order valence-corrected chi connectivity index (χ1v) is 12.7. The van der Waals surface area contributed by atoms with E-state index in [2.05, 4.69) is 33.6 Å². The summed E-state index contributed by atoms with van der Waals surface area (Å²) in [5, 5.41) is 16.8. The molecule has 0 heterocycles. The largest absolute Gasteiger partial charge is 0.480 e. The van der Waals surface area contributed by atoms with Crippen molar-refractivity contribution in [2.24, 2.45) is 33.7 Å². The molecule has 0 spiro atoms. The molecule has 208 valence electrons. The number of nitrogens with zero attached hydrogens (tertiary/aromatic N) is 1. The zero-order valence-corrected chi connectivity index (χ0v) is 21.6. The number of carbonyl (C=O) groups is 4. The topological polar surface area (TPSA) is 267 Å². The molecule has 0 rings (SSSR count). The fraction of sp³-hybridized carbons (Fsp3) is 0.762. The van der Waals surface area contributed by atoms with Gasteiger partial charge < -0.3 is 49.7 Å². The fourth-order valence-corrected chi connectivity index (χ4v) is 3.43. The molecule has 0 aliphatic heterocycles. The molecule has 0 bridgehead atoms. The summed E-state index contributed by atoms with van der Waals surface area (Å²) in [5.74, 6) is -3.29. The summed E-state index contributed by atoms with van der Waals surface area (Å²) in [6, 6.07) is -4.12. The van der Waals surface area contributed by atoms with E-state index in [1.54, 1.807) is 0 Å². The first-order valence-electron chi connectivity index (χ1n) is 12.0. The van der Waals surface area contributed by atoms with E-state index >= 15 is 0 Å². The Bertz CT molecular complexity index is 722. The fourth-order valence-electron chi connectivity index (χ4n) is 3.18. The van der Waals surface area contributed by atoms with Crippen molar-refractivity contribution in [3.63, 3.8) is 0 Å². The summed E-state index contributed by atoms with van der Waals surface area (Å²) in [5.41, 5.74) is 27.6. The van der Waals surface area contributed by atoms with Crippen molar-refractivity contribution in [1.82, 2.24) is 16.0 Å². The van der Waals surface area contributed by atoms with Crippen LogP contribution in [-0.2, 0) is 19.2 Å². The van der Waals surface area contributed by atoms with Gasteiger partial charge in [-0.2, -0.15) is 12.6 Å². The summed E-state index contributed by atoms with van der Waals surface area (Å²) in [6.45, 7) is 1.10. The summed E-state index contributed by atoms with van der Waals surface area (Å²) < 4.78 is 0. The number of amides is 3. The molecular formula is C21H43N9O5S. The molecule has 4 atom stereocenters. The molecule has 14 N–H and O–H groups in total. The Morgan fingerprint density at radius 1 is 0.750 bits per heavy atom. The normalized spacial score (nSPS) is 14.1. The van der Waals surface area contributed by atoms with Gasteiger partial charge in [0.2, 0.25) is 17.7 Å². The number of carboxylic acids is 1. The van der Waals surface area contributed by atoms with Crippen molar-refractivity contribution in [3.05, 3.63) is 0 Å². The molecule has 14 nitrogen and oxygen atoms in total. The van der Waals surface area contributed by atoms with Crippen molar-refractivity contribution in [3.8, 4) is 0 Å². The molecule has 0 unspecified atom stereocenters. The highest BCUT2D eigenvalue weighted by molar-refractivity contribution is 7.80. The van der Waals surface area contributed by atoms with Crippen molar-refractivity contribution < 1.29 is 24.3 Å². The minimum Gasteiger partial charge on any atom is -0.480 e. The average Bonchev–Trinajstić information content (AvgIpc) is 2.83. The SMILES string of the molecule is NCCCC[C@H](NC(=O)[C@H](CCCN=C(N)N)NC(=O)[C@@H](N)CCCCN)C(=O)N[C@@H](CS)C(=O)O. The number of guanidine groups is 1. The van der Waals surface area contributed by atoms with Crippen LogP contribution < -0.4 is 44.6 Å². The zero-order chi connectivity index (χ0) is 27.5. The third-order valence-electron chi connectivity index (χ3n) is 5.26. The molecule has 3 amide bonds. The number of thiol groups is 1. The predicted molar refractivity (Wildman–Crippen MR) is 141 cm³/mol. The lowest BCUT2D eigenvalue weighted by Gasteiger charge is -2.25. The van der Waals surface area contributed by atoms with E-state index in [4.69, 9.17) is 28.7 Å². The first kappa shape index (κ1) is 33.4. The van der Waals surface area contributed by atoms with Crippen LogP contribution in [0.1, 0.15) is 51.4 Å². The summed E-state index contributed by atoms with van der Waals surface area (Å²) in [4.78, 5) is 53.6. The van der Waals surface area contributed by atoms with Crippen LogP contribution in [0.2, 0.25) is 0 Å². The smallest absolute Gasteiger partial charge is 0.327 e. The minimum atomic E-state index is -1.25. The summed E-state index contributed by atoms with van der Waals surface area (Å²) >= 11 is 3.94. The minimum absolute atomic E-state index is 0.101. The molecule has 0 aliphatic rings. The number of hydrogen-bond acceptors (Lipinski definition) is 9. The molecule has 0 aromatic rings. The quantitative estimate of drug-likeness (QED) is 0.0330. The van der Waals surface area contributed by atoms with Gasteiger partial charge in [-0.1, -0.05) is 6.42 Å². The number of aliphatic carboxylic acids is 1. The van der Waals surface area contributed by atoms with Gasteiger partial charge in [-0.15, -0.1) is 0 Å². The van der Waals surface area contributed by atoms with Crippen LogP contribution in [-0.4, -0.2) is 84.3 Å². The van der Waals surface area contributed by atoms with Crippen molar-refractivity contribution in [1.29, 1.82) is 0 Å². The van der Waals surface area contributed by atoms with Gasteiger partial charge in [0.05, 0.1) is 6.04 Å². The Labute approximate surface area is 217 Å².